The minimum Gasteiger partial charge on any atom is -0.496 e. The Morgan fingerprint density at radius 3 is 2.60 bits per heavy atom. The van der Waals surface area contributed by atoms with Crippen molar-refractivity contribution in [3.05, 3.63) is 29.0 Å². The standard InChI is InChI=1S/C23H32O2/c1-14-8-9-19-22(3,4)10-7-11-23(19,5)20-16-12-15(2)17(24-6)13-18(16)25-21(14)20/h12-14,19H,7-11H2,1-6H3/t14-,19+,23+/m1/s1. The zero-order valence-corrected chi connectivity index (χ0v) is 16.7. The van der Waals surface area contributed by atoms with E-state index >= 15 is 0 Å². The van der Waals surface area contributed by atoms with Crippen LogP contribution >= 0.6 is 0 Å². The van der Waals surface area contributed by atoms with Crippen molar-refractivity contribution >= 4 is 11.0 Å². The van der Waals surface area contributed by atoms with E-state index in [4.69, 9.17) is 9.15 Å². The molecule has 0 spiro atoms. The van der Waals surface area contributed by atoms with Gasteiger partial charge in [0.1, 0.15) is 17.1 Å². The fourth-order valence-electron chi connectivity index (χ4n) is 6.09. The molecule has 0 saturated heterocycles. The predicted octanol–water partition coefficient (Wildman–Crippen LogP) is 6.73. The molecule has 1 heterocycles. The number of benzene rings is 1. The number of ether oxygens (including phenoxy) is 1. The number of fused-ring (bicyclic) bond motifs is 5. The Balaban J connectivity index is 2.01. The quantitative estimate of drug-likeness (QED) is 0.574. The highest BCUT2D eigenvalue weighted by Crippen LogP contribution is 2.59. The van der Waals surface area contributed by atoms with E-state index in [1.54, 1.807) is 7.11 Å². The largest absolute Gasteiger partial charge is 0.496 e. The third kappa shape index (κ3) is 2.36. The van der Waals surface area contributed by atoms with Crippen molar-refractivity contribution in [2.45, 2.75) is 78.1 Å². The Bertz CT molecular complexity index is 813. The van der Waals surface area contributed by atoms with Crippen molar-refractivity contribution in [3.8, 4) is 5.75 Å². The fourth-order valence-corrected chi connectivity index (χ4v) is 6.09. The second-order valence-corrected chi connectivity index (χ2v) is 9.45. The molecule has 0 bridgehead atoms. The maximum absolute atomic E-state index is 6.48. The van der Waals surface area contributed by atoms with E-state index in [-0.39, 0.29) is 5.41 Å². The van der Waals surface area contributed by atoms with Crippen LogP contribution in [0.15, 0.2) is 16.5 Å². The van der Waals surface area contributed by atoms with Gasteiger partial charge in [0.15, 0.2) is 0 Å². The third-order valence-corrected chi connectivity index (χ3v) is 7.37. The average molecular weight is 341 g/mol. The number of rotatable bonds is 1. The Morgan fingerprint density at radius 2 is 1.88 bits per heavy atom. The van der Waals surface area contributed by atoms with Gasteiger partial charge in [-0.2, -0.15) is 0 Å². The van der Waals surface area contributed by atoms with Crippen molar-refractivity contribution in [2.75, 3.05) is 7.11 Å². The molecule has 2 aliphatic carbocycles. The molecule has 2 aliphatic rings. The van der Waals surface area contributed by atoms with Gasteiger partial charge in [-0.05, 0) is 61.0 Å². The van der Waals surface area contributed by atoms with Crippen LogP contribution in [0.5, 0.6) is 5.75 Å². The molecule has 3 atom stereocenters. The lowest BCUT2D eigenvalue weighted by Crippen LogP contribution is -2.44. The van der Waals surface area contributed by atoms with Crippen molar-refractivity contribution in [1.82, 2.24) is 0 Å². The summed E-state index contributed by atoms with van der Waals surface area (Å²) in [7, 11) is 1.74. The third-order valence-electron chi connectivity index (χ3n) is 7.37. The number of hydrogen-bond acceptors (Lipinski definition) is 2. The van der Waals surface area contributed by atoms with Gasteiger partial charge < -0.3 is 9.15 Å². The number of furan rings is 1. The summed E-state index contributed by atoms with van der Waals surface area (Å²) in [6.45, 7) is 12.0. The number of aryl methyl sites for hydroxylation is 1. The van der Waals surface area contributed by atoms with Crippen molar-refractivity contribution in [3.63, 3.8) is 0 Å². The van der Waals surface area contributed by atoms with Gasteiger partial charge in [0, 0.05) is 22.9 Å². The maximum atomic E-state index is 6.48. The molecule has 0 N–H and O–H groups in total. The molecule has 0 amide bonds. The molecule has 2 aromatic rings. The summed E-state index contributed by atoms with van der Waals surface area (Å²) in [5, 5.41) is 1.33. The first kappa shape index (κ1) is 17.0. The molecule has 1 aromatic carbocycles. The Morgan fingerprint density at radius 1 is 1.12 bits per heavy atom. The van der Waals surface area contributed by atoms with Crippen LogP contribution in [0.25, 0.3) is 11.0 Å². The highest BCUT2D eigenvalue weighted by atomic mass is 16.5. The van der Waals surface area contributed by atoms with Gasteiger partial charge in [-0.1, -0.05) is 34.1 Å². The maximum Gasteiger partial charge on any atom is 0.138 e. The normalized spacial score (nSPS) is 31.3. The fraction of sp³-hybridized carbons (Fsp3) is 0.652. The molecule has 25 heavy (non-hydrogen) atoms. The molecular formula is C23H32O2. The first-order chi connectivity index (χ1) is 11.8. The lowest BCUT2D eigenvalue weighted by Gasteiger charge is -2.50. The molecule has 2 nitrogen and oxygen atoms in total. The van der Waals surface area contributed by atoms with E-state index in [9.17, 15) is 0 Å². The van der Waals surface area contributed by atoms with E-state index in [0.29, 0.717) is 11.3 Å². The first-order valence-electron chi connectivity index (χ1n) is 9.89. The predicted molar refractivity (Wildman–Crippen MR) is 104 cm³/mol. The molecule has 0 aliphatic heterocycles. The van der Waals surface area contributed by atoms with Crippen molar-refractivity contribution < 1.29 is 9.15 Å². The monoisotopic (exact) mass is 340 g/mol. The molecule has 0 unspecified atom stereocenters. The van der Waals surface area contributed by atoms with Gasteiger partial charge in [0.05, 0.1) is 7.11 Å². The Hall–Kier alpha value is -1.44. The minimum atomic E-state index is 0.216. The van der Waals surface area contributed by atoms with Crippen LogP contribution in [-0.2, 0) is 5.41 Å². The summed E-state index contributed by atoms with van der Waals surface area (Å²) < 4.78 is 12.0. The smallest absolute Gasteiger partial charge is 0.138 e. The lowest BCUT2D eigenvalue weighted by molar-refractivity contribution is 0.0504. The summed E-state index contributed by atoms with van der Waals surface area (Å²) in [5.74, 6) is 3.38. The zero-order chi connectivity index (χ0) is 18.0. The van der Waals surface area contributed by atoms with Crippen LogP contribution in [0.3, 0.4) is 0 Å². The van der Waals surface area contributed by atoms with Crippen LogP contribution in [0.4, 0.5) is 0 Å². The van der Waals surface area contributed by atoms with Crippen LogP contribution in [-0.4, -0.2) is 7.11 Å². The summed E-state index contributed by atoms with van der Waals surface area (Å²) in [5.41, 5.74) is 4.33. The van der Waals surface area contributed by atoms with E-state index in [1.165, 1.54) is 54.4 Å². The molecule has 4 rings (SSSR count). The first-order valence-corrected chi connectivity index (χ1v) is 9.89. The molecule has 1 fully saturated rings. The number of hydrogen-bond donors (Lipinski definition) is 0. The Labute approximate surface area is 151 Å². The van der Waals surface area contributed by atoms with Gasteiger partial charge in [0.2, 0.25) is 0 Å². The lowest BCUT2D eigenvalue weighted by atomic mass is 9.53. The second kappa shape index (κ2) is 5.53. The van der Waals surface area contributed by atoms with E-state index in [1.807, 2.05) is 0 Å². The van der Waals surface area contributed by atoms with Crippen LogP contribution in [0.1, 0.15) is 82.6 Å². The molecule has 1 saturated carbocycles. The van der Waals surface area contributed by atoms with Crippen LogP contribution in [0, 0.1) is 18.3 Å². The summed E-state index contributed by atoms with van der Waals surface area (Å²) >= 11 is 0. The SMILES string of the molecule is COc1cc2oc3c(c2cc1C)[C@@]1(C)CCCC(C)(C)[C@@H]1CC[C@H]3C. The van der Waals surface area contributed by atoms with Crippen molar-refractivity contribution in [1.29, 1.82) is 0 Å². The van der Waals surface area contributed by atoms with Crippen LogP contribution < -0.4 is 4.74 Å². The van der Waals surface area contributed by atoms with E-state index in [2.05, 4.69) is 46.8 Å². The average Bonchev–Trinajstić information content (AvgIpc) is 2.86. The molecule has 1 aromatic heterocycles. The molecule has 2 heteroatoms. The van der Waals surface area contributed by atoms with Gasteiger partial charge in [-0.3, -0.25) is 0 Å². The van der Waals surface area contributed by atoms with Gasteiger partial charge in [0.25, 0.3) is 0 Å². The summed E-state index contributed by atoms with van der Waals surface area (Å²) in [6, 6.07) is 4.40. The second-order valence-electron chi connectivity index (χ2n) is 9.45. The topological polar surface area (TPSA) is 22.4 Å². The highest BCUT2D eigenvalue weighted by molar-refractivity contribution is 5.86. The number of methoxy groups -OCH3 is 1. The Kier molecular flexibility index (Phi) is 3.76. The van der Waals surface area contributed by atoms with E-state index < -0.39 is 0 Å². The summed E-state index contributed by atoms with van der Waals surface area (Å²) in [4.78, 5) is 0. The minimum absolute atomic E-state index is 0.216. The van der Waals surface area contributed by atoms with Gasteiger partial charge in [-0.15, -0.1) is 0 Å². The van der Waals surface area contributed by atoms with Gasteiger partial charge >= 0.3 is 0 Å². The zero-order valence-electron chi connectivity index (χ0n) is 16.7. The highest BCUT2D eigenvalue weighted by Gasteiger charge is 2.51. The molecule has 136 valence electrons. The molecular weight excluding hydrogens is 308 g/mol. The van der Waals surface area contributed by atoms with Gasteiger partial charge in [-0.25, -0.2) is 0 Å². The van der Waals surface area contributed by atoms with E-state index in [0.717, 1.165) is 17.3 Å². The van der Waals surface area contributed by atoms with Crippen molar-refractivity contribution in [2.24, 2.45) is 11.3 Å². The van der Waals surface area contributed by atoms with Crippen LogP contribution in [0.2, 0.25) is 0 Å². The summed E-state index contributed by atoms with van der Waals surface area (Å²) in [6.07, 6.45) is 6.48. The molecule has 0 radical (unpaired) electrons.